The Labute approximate surface area is 209 Å². The summed E-state index contributed by atoms with van der Waals surface area (Å²) in [6, 6.07) is 2.12. The molecule has 2 aliphatic rings. The number of morpholine rings is 1. The minimum Gasteiger partial charge on any atom is -0.378 e. The number of likely N-dealkylation sites (tertiary alicyclic amines) is 1. The molecule has 0 amide bonds. The van der Waals surface area contributed by atoms with Crippen molar-refractivity contribution >= 4 is 43.3 Å². The van der Waals surface area contributed by atoms with Crippen LogP contribution in [0.5, 0.6) is 0 Å². The van der Waals surface area contributed by atoms with E-state index in [0.29, 0.717) is 31.1 Å². The lowest BCUT2D eigenvalue weighted by molar-refractivity contribution is 0.122. The maximum absolute atomic E-state index is 12.0. The molecule has 188 valence electrons. The minimum atomic E-state index is -3.21. The number of anilines is 2. The Bertz CT molecular complexity index is 1290. The number of fused-ring (bicyclic) bond motifs is 1. The van der Waals surface area contributed by atoms with Crippen LogP contribution in [0.1, 0.15) is 17.7 Å². The average Bonchev–Trinajstić information content (AvgIpc) is 3.26. The van der Waals surface area contributed by atoms with Crippen LogP contribution in [0.2, 0.25) is 0 Å². The molecule has 2 aliphatic heterocycles. The molecule has 1 atom stereocenters. The van der Waals surface area contributed by atoms with Crippen molar-refractivity contribution in [3.05, 3.63) is 23.3 Å². The molecule has 1 unspecified atom stereocenters. The molecule has 11 nitrogen and oxygen atoms in total. The second kappa shape index (κ2) is 9.90. The van der Waals surface area contributed by atoms with E-state index in [2.05, 4.69) is 25.8 Å². The number of likely N-dealkylation sites (N-methyl/N-ethyl adjacent to an activating group) is 1. The van der Waals surface area contributed by atoms with Crippen LogP contribution in [0, 0.1) is 0 Å². The molecule has 0 radical (unpaired) electrons. The summed E-state index contributed by atoms with van der Waals surface area (Å²) in [4.78, 5) is 23.7. The molecule has 5 rings (SSSR count). The second-order valence-electron chi connectivity index (χ2n) is 9.04. The number of ether oxygens (including phenoxy) is 1. The van der Waals surface area contributed by atoms with Crippen molar-refractivity contribution in [2.45, 2.75) is 25.4 Å². The zero-order valence-electron chi connectivity index (χ0n) is 19.9. The van der Waals surface area contributed by atoms with Crippen molar-refractivity contribution in [1.29, 1.82) is 0 Å². The van der Waals surface area contributed by atoms with Crippen molar-refractivity contribution in [2.24, 2.45) is 0 Å². The molecule has 0 bridgehead atoms. The lowest BCUT2D eigenvalue weighted by Crippen LogP contribution is -2.47. The minimum absolute atomic E-state index is 0.00560. The molecular weight excluding hydrogens is 488 g/mol. The number of hydrogen-bond donors (Lipinski definition) is 1. The first-order valence-corrected chi connectivity index (χ1v) is 14.3. The van der Waals surface area contributed by atoms with Crippen LogP contribution in [0.4, 0.5) is 11.8 Å². The Hall–Kier alpha value is -2.45. The molecule has 0 aromatic carbocycles. The first kappa shape index (κ1) is 24.3. The first-order valence-electron chi connectivity index (χ1n) is 11.6. The van der Waals surface area contributed by atoms with E-state index in [0.717, 1.165) is 55.1 Å². The van der Waals surface area contributed by atoms with Gasteiger partial charge in [0.05, 0.1) is 35.2 Å². The number of piperidine rings is 1. The Morgan fingerprint density at radius 2 is 1.94 bits per heavy atom. The molecule has 0 spiro atoms. The molecule has 2 N–H and O–H groups in total. The van der Waals surface area contributed by atoms with Gasteiger partial charge < -0.3 is 15.4 Å². The molecule has 2 fully saturated rings. The van der Waals surface area contributed by atoms with Gasteiger partial charge in [0.2, 0.25) is 16.0 Å². The average molecular weight is 519 g/mol. The Morgan fingerprint density at radius 1 is 1.20 bits per heavy atom. The van der Waals surface area contributed by atoms with Gasteiger partial charge in [0.15, 0.2) is 11.6 Å². The second-order valence-corrected chi connectivity index (χ2v) is 12.2. The molecular formula is C22H30N8O3S2. The van der Waals surface area contributed by atoms with Crippen molar-refractivity contribution in [2.75, 3.05) is 63.3 Å². The molecule has 3 aromatic rings. The molecule has 0 aliphatic carbocycles. The van der Waals surface area contributed by atoms with Gasteiger partial charge in [-0.1, -0.05) is 0 Å². The number of hydrogen-bond acceptors (Lipinski definition) is 11. The highest BCUT2D eigenvalue weighted by molar-refractivity contribution is 7.88. The summed E-state index contributed by atoms with van der Waals surface area (Å²) in [7, 11) is -1.54. The summed E-state index contributed by atoms with van der Waals surface area (Å²) < 4.78 is 32.2. The Kier molecular flexibility index (Phi) is 6.86. The first-order chi connectivity index (χ1) is 16.8. The van der Waals surface area contributed by atoms with Crippen molar-refractivity contribution < 1.29 is 13.2 Å². The van der Waals surface area contributed by atoms with E-state index >= 15 is 0 Å². The third-order valence-corrected chi connectivity index (χ3v) is 8.99. The predicted molar refractivity (Wildman–Crippen MR) is 137 cm³/mol. The summed E-state index contributed by atoms with van der Waals surface area (Å²) in [5.41, 5.74) is 7.26. The van der Waals surface area contributed by atoms with E-state index in [1.54, 1.807) is 30.8 Å². The SMILES string of the molecule is CN(C1CCCN(Cc2cc3nc(-c4cnc(N)nc4)nc(N4CCOCC4)c3s2)C1)S(C)(=O)=O. The monoisotopic (exact) mass is 518 g/mol. The number of nitrogens with two attached hydrogens (primary N) is 1. The molecule has 0 saturated carbocycles. The van der Waals surface area contributed by atoms with Crippen LogP contribution >= 0.6 is 11.3 Å². The van der Waals surface area contributed by atoms with Gasteiger partial charge in [-0.15, -0.1) is 11.3 Å². The maximum Gasteiger partial charge on any atom is 0.219 e. The third-order valence-electron chi connectivity index (χ3n) is 6.54. The van der Waals surface area contributed by atoms with E-state index in [-0.39, 0.29) is 12.0 Å². The van der Waals surface area contributed by atoms with Gasteiger partial charge in [-0.2, -0.15) is 0 Å². The molecule has 13 heteroatoms. The van der Waals surface area contributed by atoms with Gasteiger partial charge >= 0.3 is 0 Å². The fourth-order valence-electron chi connectivity index (χ4n) is 4.58. The highest BCUT2D eigenvalue weighted by Crippen LogP contribution is 2.35. The molecule has 5 heterocycles. The summed E-state index contributed by atoms with van der Waals surface area (Å²) in [6.07, 6.45) is 6.41. The van der Waals surface area contributed by atoms with Gasteiger partial charge in [0, 0.05) is 56.5 Å². The molecule has 2 saturated heterocycles. The third kappa shape index (κ3) is 5.38. The summed E-state index contributed by atoms with van der Waals surface area (Å²) in [5.74, 6) is 1.67. The van der Waals surface area contributed by atoms with Crippen LogP contribution in [0.15, 0.2) is 18.5 Å². The Balaban J connectivity index is 1.45. The van der Waals surface area contributed by atoms with E-state index in [4.69, 9.17) is 20.4 Å². The lowest BCUT2D eigenvalue weighted by Gasteiger charge is -2.36. The number of aromatic nitrogens is 4. The fraction of sp³-hybridized carbons (Fsp3) is 0.545. The Morgan fingerprint density at radius 3 is 2.66 bits per heavy atom. The van der Waals surface area contributed by atoms with Crippen LogP contribution in [0.25, 0.3) is 21.6 Å². The van der Waals surface area contributed by atoms with E-state index in [1.807, 2.05) is 0 Å². The van der Waals surface area contributed by atoms with Crippen LogP contribution in [-0.4, -0.2) is 96.3 Å². The van der Waals surface area contributed by atoms with E-state index < -0.39 is 10.0 Å². The molecule has 3 aromatic heterocycles. The van der Waals surface area contributed by atoms with Gasteiger partial charge in [0.1, 0.15) is 0 Å². The number of thiophene rings is 1. The lowest BCUT2D eigenvalue weighted by atomic mass is 10.1. The summed E-state index contributed by atoms with van der Waals surface area (Å²) >= 11 is 1.70. The van der Waals surface area contributed by atoms with Crippen molar-refractivity contribution in [3.8, 4) is 11.4 Å². The number of nitrogen functional groups attached to an aromatic ring is 1. The smallest absolute Gasteiger partial charge is 0.219 e. The quantitative estimate of drug-likeness (QED) is 0.511. The fourth-order valence-corrected chi connectivity index (χ4v) is 6.45. The summed E-state index contributed by atoms with van der Waals surface area (Å²) in [5, 5.41) is 0. The van der Waals surface area contributed by atoms with Gasteiger partial charge in [-0.25, -0.2) is 32.7 Å². The van der Waals surface area contributed by atoms with Crippen LogP contribution in [0.3, 0.4) is 0 Å². The topological polar surface area (TPSA) is 131 Å². The number of rotatable bonds is 6. The van der Waals surface area contributed by atoms with Gasteiger partial charge in [0.25, 0.3) is 0 Å². The molecule has 35 heavy (non-hydrogen) atoms. The van der Waals surface area contributed by atoms with Crippen molar-refractivity contribution in [3.63, 3.8) is 0 Å². The van der Waals surface area contributed by atoms with Crippen molar-refractivity contribution in [1.82, 2.24) is 29.1 Å². The van der Waals surface area contributed by atoms with E-state index in [1.165, 1.54) is 15.4 Å². The van der Waals surface area contributed by atoms with Crippen LogP contribution < -0.4 is 10.6 Å². The number of sulfonamides is 1. The zero-order chi connectivity index (χ0) is 24.6. The van der Waals surface area contributed by atoms with Crippen LogP contribution in [-0.2, 0) is 21.3 Å². The van der Waals surface area contributed by atoms with Gasteiger partial charge in [-0.3, -0.25) is 4.90 Å². The maximum atomic E-state index is 12.0. The standard InChI is InChI=1S/C22H30N8O3S2/c1-28(35(2,31)32)16-4-3-5-29(13-16)14-17-10-18-19(34-17)21(30-6-8-33-9-7-30)27-20(26-18)15-11-24-22(23)25-12-15/h10-12,16H,3-9,13-14H2,1-2H3,(H2,23,24,25). The van der Waals surface area contributed by atoms with Gasteiger partial charge in [-0.05, 0) is 25.5 Å². The normalized spacial score (nSPS) is 20.1. The van der Waals surface area contributed by atoms with E-state index in [9.17, 15) is 8.42 Å². The predicted octanol–water partition coefficient (Wildman–Crippen LogP) is 1.42. The zero-order valence-corrected chi connectivity index (χ0v) is 21.6. The highest BCUT2D eigenvalue weighted by Gasteiger charge is 2.28. The number of nitrogens with zero attached hydrogens (tertiary/aromatic N) is 7. The highest BCUT2D eigenvalue weighted by atomic mass is 32.2. The summed E-state index contributed by atoms with van der Waals surface area (Å²) in [6.45, 7) is 5.26. The largest absolute Gasteiger partial charge is 0.378 e.